The minimum absolute atomic E-state index is 0.0897. The summed E-state index contributed by atoms with van der Waals surface area (Å²) < 4.78 is 6.90. The molecule has 0 spiro atoms. The van der Waals surface area contributed by atoms with Gasteiger partial charge in [0.05, 0.1) is 6.54 Å². The fraction of sp³-hybridized carbons (Fsp3) is 0.611. The summed E-state index contributed by atoms with van der Waals surface area (Å²) in [7, 11) is 0. The highest BCUT2D eigenvalue weighted by atomic mass is 16.5. The van der Waals surface area contributed by atoms with Gasteiger partial charge in [0.25, 0.3) is 5.91 Å². The van der Waals surface area contributed by atoms with Crippen molar-refractivity contribution < 1.29 is 18.9 Å². The quantitative estimate of drug-likeness (QED) is 0.365. The van der Waals surface area contributed by atoms with Crippen LogP contribution in [-0.4, -0.2) is 25.0 Å². The number of nitrogens with one attached hydrogen (secondary N) is 1. The number of unbranched alkanes of at least 4 members (excludes halogenated alkanes) is 5. The van der Waals surface area contributed by atoms with Gasteiger partial charge in [0.15, 0.2) is 12.4 Å². The SMILES string of the molecule is CCCCCCCCC(=O)OCCNC(=O)C[n+]1ccccc1. The largest absolute Gasteiger partial charge is 0.464 e. The fourth-order valence-corrected chi connectivity index (χ4v) is 2.24. The summed E-state index contributed by atoms with van der Waals surface area (Å²) in [6, 6.07) is 5.65. The third kappa shape index (κ3) is 10.4. The molecule has 5 heteroatoms. The highest BCUT2D eigenvalue weighted by Crippen LogP contribution is 2.07. The van der Waals surface area contributed by atoms with Crippen LogP contribution in [0, 0.1) is 0 Å². The maximum absolute atomic E-state index is 11.7. The molecule has 1 amide bonds. The molecule has 1 N–H and O–H groups in total. The minimum atomic E-state index is -0.174. The maximum Gasteiger partial charge on any atom is 0.305 e. The number of carbonyl (C=O) groups excluding carboxylic acids is 2. The molecule has 0 aromatic carbocycles. The summed E-state index contributed by atoms with van der Waals surface area (Å²) in [6.45, 7) is 3.05. The van der Waals surface area contributed by atoms with E-state index in [9.17, 15) is 9.59 Å². The standard InChI is InChI=1S/C18H28N2O3/c1-2-3-4-5-6-8-11-18(22)23-15-12-19-17(21)16-20-13-9-7-10-14-20/h7,9-10,13-14H,2-6,8,11-12,15-16H2,1H3/p+1. The van der Waals surface area contributed by atoms with Crippen molar-refractivity contribution in [2.24, 2.45) is 0 Å². The lowest BCUT2D eigenvalue weighted by Crippen LogP contribution is -2.43. The number of amides is 1. The van der Waals surface area contributed by atoms with Crippen LogP contribution in [0.4, 0.5) is 0 Å². The molecule has 0 radical (unpaired) electrons. The van der Waals surface area contributed by atoms with Crippen molar-refractivity contribution in [2.45, 2.75) is 58.4 Å². The molecule has 0 saturated heterocycles. The molecule has 1 aromatic rings. The average molecular weight is 321 g/mol. The molecule has 5 nitrogen and oxygen atoms in total. The second kappa shape index (κ2) is 12.6. The first-order chi connectivity index (χ1) is 11.2. The van der Waals surface area contributed by atoms with Crippen molar-refractivity contribution in [3.05, 3.63) is 30.6 Å². The summed E-state index contributed by atoms with van der Waals surface area (Å²) in [5.41, 5.74) is 0. The molecule has 1 rings (SSSR count). The smallest absolute Gasteiger partial charge is 0.305 e. The van der Waals surface area contributed by atoms with E-state index in [-0.39, 0.29) is 25.0 Å². The molecule has 0 atom stereocenters. The summed E-state index contributed by atoms with van der Waals surface area (Å²) in [5.74, 6) is -0.264. The van der Waals surface area contributed by atoms with Crippen LogP contribution in [0.3, 0.4) is 0 Å². The average Bonchev–Trinajstić information content (AvgIpc) is 2.56. The molecule has 1 aromatic heterocycles. The van der Waals surface area contributed by atoms with Gasteiger partial charge < -0.3 is 10.1 Å². The zero-order valence-corrected chi connectivity index (χ0v) is 14.1. The number of pyridine rings is 1. The van der Waals surface area contributed by atoms with Crippen molar-refractivity contribution in [2.75, 3.05) is 13.2 Å². The summed E-state index contributed by atoms with van der Waals surface area (Å²) in [5, 5.41) is 2.74. The number of hydrogen-bond acceptors (Lipinski definition) is 3. The Kier molecular flexibility index (Phi) is 10.5. The number of aromatic nitrogens is 1. The van der Waals surface area contributed by atoms with E-state index < -0.39 is 0 Å². The van der Waals surface area contributed by atoms with Gasteiger partial charge >= 0.3 is 5.97 Å². The summed E-state index contributed by atoms with van der Waals surface area (Å²) >= 11 is 0. The Morgan fingerprint density at radius 3 is 2.43 bits per heavy atom. The number of esters is 1. The van der Waals surface area contributed by atoms with E-state index in [1.807, 2.05) is 30.6 Å². The van der Waals surface area contributed by atoms with Gasteiger partial charge in [-0.2, -0.15) is 4.57 Å². The lowest BCUT2D eigenvalue weighted by atomic mass is 10.1. The maximum atomic E-state index is 11.7. The van der Waals surface area contributed by atoms with Gasteiger partial charge in [-0.05, 0) is 6.42 Å². The first kappa shape index (κ1) is 19.1. The van der Waals surface area contributed by atoms with E-state index >= 15 is 0 Å². The van der Waals surface area contributed by atoms with Gasteiger partial charge in [-0.3, -0.25) is 9.59 Å². The second-order valence-electron chi connectivity index (χ2n) is 5.64. The lowest BCUT2D eigenvalue weighted by Gasteiger charge is -2.06. The highest BCUT2D eigenvalue weighted by Gasteiger charge is 2.08. The van der Waals surface area contributed by atoms with E-state index in [2.05, 4.69) is 12.2 Å². The van der Waals surface area contributed by atoms with Crippen LogP contribution in [0.15, 0.2) is 30.6 Å². The fourth-order valence-electron chi connectivity index (χ4n) is 2.24. The first-order valence-corrected chi connectivity index (χ1v) is 8.58. The van der Waals surface area contributed by atoms with E-state index in [1.165, 1.54) is 25.7 Å². The van der Waals surface area contributed by atoms with Crippen molar-refractivity contribution in [1.82, 2.24) is 5.32 Å². The van der Waals surface area contributed by atoms with Crippen molar-refractivity contribution in [1.29, 1.82) is 0 Å². The van der Waals surface area contributed by atoms with E-state index in [1.54, 1.807) is 4.57 Å². The molecular formula is C18H29N2O3+. The zero-order valence-electron chi connectivity index (χ0n) is 14.1. The van der Waals surface area contributed by atoms with Gasteiger partial charge in [-0.1, -0.05) is 45.1 Å². The lowest BCUT2D eigenvalue weighted by molar-refractivity contribution is -0.684. The van der Waals surface area contributed by atoms with Crippen LogP contribution in [0.2, 0.25) is 0 Å². The summed E-state index contributed by atoms with van der Waals surface area (Å²) in [6.07, 6.45) is 11.0. The molecule has 23 heavy (non-hydrogen) atoms. The number of carbonyl (C=O) groups is 2. The molecule has 0 aliphatic heterocycles. The normalized spacial score (nSPS) is 10.3. The van der Waals surface area contributed by atoms with Crippen LogP contribution in [0.25, 0.3) is 0 Å². The number of hydrogen-bond donors (Lipinski definition) is 1. The van der Waals surface area contributed by atoms with Crippen LogP contribution in [0.5, 0.6) is 0 Å². The Labute approximate surface area is 139 Å². The van der Waals surface area contributed by atoms with Crippen molar-refractivity contribution in [3.8, 4) is 0 Å². The molecular weight excluding hydrogens is 292 g/mol. The van der Waals surface area contributed by atoms with Crippen LogP contribution in [-0.2, 0) is 20.9 Å². The molecule has 0 unspecified atom stereocenters. The minimum Gasteiger partial charge on any atom is -0.464 e. The number of rotatable bonds is 12. The Bertz CT molecular complexity index is 449. The van der Waals surface area contributed by atoms with Gasteiger partial charge in [0, 0.05) is 18.6 Å². The molecule has 0 bridgehead atoms. The zero-order chi connectivity index (χ0) is 16.8. The molecule has 0 fully saturated rings. The molecule has 0 aliphatic carbocycles. The van der Waals surface area contributed by atoms with E-state index in [0.717, 1.165) is 12.8 Å². The van der Waals surface area contributed by atoms with Crippen molar-refractivity contribution in [3.63, 3.8) is 0 Å². The van der Waals surface area contributed by atoms with Crippen LogP contribution < -0.4 is 9.88 Å². The van der Waals surface area contributed by atoms with E-state index in [0.29, 0.717) is 13.0 Å². The van der Waals surface area contributed by atoms with Gasteiger partial charge in [-0.25, -0.2) is 0 Å². The third-order valence-electron chi connectivity index (χ3n) is 3.53. The van der Waals surface area contributed by atoms with Crippen molar-refractivity contribution >= 4 is 11.9 Å². The van der Waals surface area contributed by atoms with Gasteiger partial charge in [0.2, 0.25) is 6.54 Å². The molecule has 128 valence electrons. The molecule has 1 heterocycles. The predicted octanol–water partition coefficient (Wildman–Crippen LogP) is 2.38. The Morgan fingerprint density at radius 2 is 1.70 bits per heavy atom. The van der Waals surface area contributed by atoms with Crippen LogP contribution in [0.1, 0.15) is 51.9 Å². The number of nitrogens with zero attached hydrogens (tertiary/aromatic N) is 1. The summed E-state index contributed by atoms with van der Waals surface area (Å²) in [4.78, 5) is 23.2. The third-order valence-corrected chi connectivity index (χ3v) is 3.53. The highest BCUT2D eigenvalue weighted by molar-refractivity contribution is 5.74. The topological polar surface area (TPSA) is 59.3 Å². The van der Waals surface area contributed by atoms with Crippen LogP contribution >= 0.6 is 0 Å². The van der Waals surface area contributed by atoms with E-state index in [4.69, 9.17) is 4.74 Å². The van der Waals surface area contributed by atoms with Gasteiger partial charge in [0.1, 0.15) is 6.61 Å². The molecule has 0 aliphatic rings. The molecule has 0 saturated carbocycles. The van der Waals surface area contributed by atoms with Gasteiger partial charge in [-0.15, -0.1) is 0 Å². The first-order valence-electron chi connectivity index (χ1n) is 8.58. The number of ether oxygens (including phenoxy) is 1. The predicted molar refractivity (Wildman–Crippen MR) is 88.6 cm³/mol. The second-order valence-corrected chi connectivity index (χ2v) is 5.64. The Hall–Kier alpha value is -1.91. The Balaban J connectivity index is 1.97. The monoisotopic (exact) mass is 321 g/mol. The Morgan fingerprint density at radius 1 is 1.00 bits per heavy atom.